The Kier molecular flexibility index (Phi) is 8.68. The predicted octanol–water partition coefficient (Wildman–Crippen LogP) is 4.65. The molecule has 0 aliphatic carbocycles. The van der Waals surface area contributed by atoms with Crippen molar-refractivity contribution in [3.8, 4) is 0 Å². The van der Waals surface area contributed by atoms with Crippen LogP contribution >= 0.6 is 0 Å². The zero-order chi connectivity index (χ0) is 24.9. The molecule has 0 unspecified atom stereocenters. The molecule has 2 aromatic carbocycles. The van der Waals surface area contributed by atoms with Gasteiger partial charge < -0.3 is 14.6 Å². The van der Waals surface area contributed by atoms with E-state index in [0.29, 0.717) is 0 Å². The number of carbonyl (C=O) groups is 1. The van der Waals surface area contributed by atoms with Crippen molar-refractivity contribution in [2.45, 2.75) is 70.7 Å². The average molecular weight is 470 g/mol. The van der Waals surface area contributed by atoms with E-state index in [2.05, 4.69) is 51.6 Å². The lowest BCUT2D eigenvalue weighted by Crippen LogP contribution is -2.68. The van der Waals surface area contributed by atoms with Crippen molar-refractivity contribution in [2.24, 2.45) is 0 Å². The predicted molar refractivity (Wildman–Crippen MR) is 138 cm³/mol. The lowest BCUT2D eigenvalue weighted by molar-refractivity contribution is -0.0119. The highest BCUT2D eigenvalue weighted by atomic mass is 28.4. The Bertz CT molecular complexity index is 864. The summed E-state index contributed by atoms with van der Waals surface area (Å²) in [6, 6.07) is 19.7. The van der Waals surface area contributed by atoms with E-state index in [-0.39, 0.29) is 18.1 Å². The van der Waals surface area contributed by atoms with Gasteiger partial charge in [-0.25, -0.2) is 4.79 Å². The maximum Gasteiger partial charge on any atom is 0.408 e. The van der Waals surface area contributed by atoms with Gasteiger partial charge in [0.1, 0.15) is 0 Å². The Hall–Kier alpha value is -2.41. The van der Waals surface area contributed by atoms with Crippen LogP contribution in [0.25, 0.3) is 0 Å². The van der Waals surface area contributed by atoms with Crippen LogP contribution in [-0.2, 0) is 4.43 Å². The highest BCUT2D eigenvalue weighted by Gasteiger charge is 2.51. The van der Waals surface area contributed by atoms with Crippen molar-refractivity contribution in [1.29, 1.82) is 0 Å². The number of aliphatic hydroxyl groups is 1. The molecule has 180 valence electrons. The molecule has 2 N–H and O–H groups in total. The van der Waals surface area contributed by atoms with E-state index in [4.69, 9.17) is 4.43 Å². The zero-order valence-corrected chi connectivity index (χ0v) is 21.8. The second kappa shape index (κ2) is 10.7. The fraction of sp³-hybridized carbons (Fsp3) is 0.444. The number of hydrogen-bond donors (Lipinski definition) is 2. The van der Waals surface area contributed by atoms with E-state index in [1.165, 1.54) is 4.90 Å². The first-order chi connectivity index (χ1) is 15.4. The summed E-state index contributed by atoms with van der Waals surface area (Å²) in [5.41, 5.74) is -0.715. The second-order valence-corrected chi connectivity index (χ2v) is 14.8. The smallest absolute Gasteiger partial charge is 0.408 e. The number of amides is 1. The van der Waals surface area contributed by atoms with E-state index < -0.39 is 32.1 Å². The first-order valence-electron chi connectivity index (χ1n) is 11.4. The van der Waals surface area contributed by atoms with E-state index in [1.807, 2.05) is 57.2 Å². The number of carboxylic acid groups (broad SMARTS) is 1. The molecule has 1 amide bonds. The van der Waals surface area contributed by atoms with E-state index in [1.54, 1.807) is 6.08 Å². The molecule has 2 rings (SSSR count). The molecule has 0 aliphatic heterocycles. The molecular weight excluding hydrogens is 430 g/mol. The maximum atomic E-state index is 12.3. The van der Waals surface area contributed by atoms with Gasteiger partial charge in [-0.2, -0.15) is 0 Å². The van der Waals surface area contributed by atoms with Gasteiger partial charge in [-0.3, -0.25) is 4.90 Å². The molecule has 0 fully saturated rings. The van der Waals surface area contributed by atoms with Crippen molar-refractivity contribution < 1.29 is 19.4 Å². The zero-order valence-electron chi connectivity index (χ0n) is 20.8. The molecule has 0 aromatic heterocycles. The van der Waals surface area contributed by atoms with Crippen molar-refractivity contribution in [1.82, 2.24) is 4.90 Å². The normalized spacial score (nSPS) is 14.4. The molecule has 5 nitrogen and oxygen atoms in total. The first-order valence-corrected chi connectivity index (χ1v) is 13.3. The van der Waals surface area contributed by atoms with Crippen LogP contribution in [0.3, 0.4) is 0 Å². The minimum atomic E-state index is -2.88. The molecule has 0 aliphatic rings. The summed E-state index contributed by atoms with van der Waals surface area (Å²) in [5, 5.41) is 23.0. The summed E-state index contributed by atoms with van der Waals surface area (Å²) in [6.07, 6.45) is -0.129. The monoisotopic (exact) mass is 469 g/mol. The number of rotatable bonds is 9. The highest BCUT2D eigenvalue weighted by Crippen LogP contribution is 2.37. The third kappa shape index (κ3) is 5.94. The van der Waals surface area contributed by atoms with Crippen LogP contribution in [0.15, 0.2) is 73.3 Å². The van der Waals surface area contributed by atoms with Gasteiger partial charge in [0, 0.05) is 5.54 Å². The Morgan fingerprint density at radius 1 is 1.00 bits per heavy atom. The molecule has 2 atom stereocenters. The maximum absolute atomic E-state index is 12.3. The van der Waals surface area contributed by atoms with Gasteiger partial charge in [0.25, 0.3) is 8.32 Å². The fourth-order valence-corrected chi connectivity index (χ4v) is 9.16. The summed E-state index contributed by atoms with van der Waals surface area (Å²) in [4.78, 5) is 13.6. The van der Waals surface area contributed by atoms with E-state index >= 15 is 0 Å². The molecular formula is C27H39NO4Si. The minimum Gasteiger partial charge on any atom is -0.465 e. The largest absolute Gasteiger partial charge is 0.465 e. The van der Waals surface area contributed by atoms with Crippen LogP contribution < -0.4 is 10.4 Å². The number of benzene rings is 2. The van der Waals surface area contributed by atoms with Crippen LogP contribution in [0.1, 0.15) is 48.0 Å². The van der Waals surface area contributed by atoms with Crippen LogP contribution in [0, 0.1) is 0 Å². The highest BCUT2D eigenvalue weighted by molar-refractivity contribution is 6.99. The summed E-state index contributed by atoms with van der Waals surface area (Å²) in [7, 11) is -2.88. The molecule has 33 heavy (non-hydrogen) atoms. The Labute approximate surface area is 199 Å². The average Bonchev–Trinajstić information content (AvgIpc) is 2.72. The molecule has 6 heteroatoms. The van der Waals surface area contributed by atoms with Crippen LogP contribution in [-0.4, -0.2) is 53.8 Å². The van der Waals surface area contributed by atoms with Crippen molar-refractivity contribution in [3.63, 3.8) is 0 Å². The summed E-state index contributed by atoms with van der Waals surface area (Å²) >= 11 is 0. The van der Waals surface area contributed by atoms with Crippen molar-refractivity contribution in [2.75, 3.05) is 6.61 Å². The third-order valence-corrected chi connectivity index (χ3v) is 11.0. The second-order valence-electron chi connectivity index (χ2n) is 10.5. The summed E-state index contributed by atoms with van der Waals surface area (Å²) < 4.78 is 6.96. The van der Waals surface area contributed by atoms with Crippen molar-refractivity contribution in [3.05, 3.63) is 73.3 Å². The quantitative estimate of drug-likeness (QED) is 0.414. The number of hydrogen-bond acceptors (Lipinski definition) is 3. The van der Waals surface area contributed by atoms with Crippen LogP contribution in [0.2, 0.25) is 5.04 Å². The fourth-order valence-electron chi connectivity index (χ4n) is 4.58. The van der Waals surface area contributed by atoms with Gasteiger partial charge >= 0.3 is 6.09 Å². The van der Waals surface area contributed by atoms with E-state index in [0.717, 1.165) is 10.4 Å². The molecule has 0 heterocycles. The van der Waals surface area contributed by atoms with Gasteiger partial charge in [-0.15, -0.1) is 6.58 Å². The van der Waals surface area contributed by atoms with Crippen molar-refractivity contribution >= 4 is 24.8 Å². The molecule has 0 radical (unpaired) electrons. The lowest BCUT2D eigenvalue weighted by atomic mass is 9.99. The summed E-state index contributed by atoms with van der Waals surface area (Å²) in [5.74, 6) is 0. The van der Waals surface area contributed by atoms with Gasteiger partial charge in [0.05, 0.1) is 18.8 Å². The van der Waals surface area contributed by atoms with E-state index in [9.17, 15) is 15.0 Å². The Morgan fingerprint density at radius 2 is 1.45 bits per heavy atom. The van der Waals surface area contributed by atoms with Gasteiger partial charge in [-0.1, -0.05) is 87.5 Å². The first kappa shape index (κ1) is 26.8. The van der Waals surface area contributed by atoms with Gasteiger partial charge in [0.2, 0.25) is 0 Å². The van der Waals surface area contributed by atoms with Gasteiger partial charge in [0.15, 0.2) is 0 Å². The minimum absolute atomic E-state index is 0.0753. The SMILES string of the molecule is C=CC[C@H](O)[C@H](CO[Si](c1ccccc1)(c1ccccc1)C(C)(C)C)N(C(=O)O)C(C)(C)C. The molecule has 0 saturated heterocycles. The molecule has 2 aromatic rings. The standard InChI is InChI=1S/C27H39NO4Si/c1-8-15-24(29)23(28(25(30)31)26(2,3)4)20-32-33(27(5,6)7,21-16-11-9-12-17-21)22-18-13-10-14-19-22/h8-14,16-19,23-24,29H,1,15,20H2,2-7H3,(H,30,31)/t23-,24-/m0/s1. The third-order valence-electron chi connectivity index (χ3n) is 6.00. The Morgan fingerprint density at radius 3 is 1.79 bits per heavy atom. The number of aliphatic hydroxyl groups excluding tert-OH is 1. The van der Waals surface area contributed by atoms with Gasteiger partial charge in [-0.05, 0) is 42.6 Å². The molecule has 0 spiro atoms. The van der Waals surface area contributed by atoms with Crippen LogP contribution in [0.4, 0.5) is 4.79 Å². The topological polar surface area (TPSA) is 70.0 Å². The number of nitrogens with zero attached hydrogens (tertiary/aromatic N) is 1. The molecule has 0 saturated carbocycles. The molecule has 0 bridgehead atoms. The Balaban J connectivity index is 2.65. The lowest BCUT2D eigenvalue weighted by Gasteiger charge is -2.46. The summed E-state index contributed by atoms with van der Waals surface area (Å²) in [6.45, 7) is 15.8. The van der Waals surface area contributed by atoms with Crippen LogP contribution in [0.5, 0.6) is 0 Å².